The number of rotatable bonds is 8. The van der Waals surface area contributed by atoms with Crippen LogP contribution in [0.15, 0.2) is 24.3 Å². The molecule has 0 fully saturated rings. The smallest absolute Gasteiger partial charge is 0.223 e. The fourth-order valence-corrected chi connectivity index (χ4v) is 2.37. The summed E-state index contributed by atoms with van der Waals surface area (Å²) in [6.45, 7) is 9.91. The fourth-order valence-electron chi connectivity index (χ4n) is 2.37. The quantitative estimate of drug-likeness (QED) is 0.807. The van der Waals surface area contributed by atoms with Crippen LogP contribution < -0.4 is 14.8 Å². The highest BCUT2D eigenvalue weighted by Crippen LogP contribution is 2.28. The normalized spacial score (nSPS) is 10.4. The lowest BCUT2D eigenvalue weighted by Crippen LogP contribution is -2.09. The van der Waals surface area contributed by atoms with Gasteiger partial charge in [-0.15, -0.1) is 0 Å². The molecule has 2 aromatic rings. The molecule has 0 aliphatic heterocycles. The molecule has 0 aliphatic rings. The van der Waals surface area contributed by atoms with Gasteiger partial charge in [0, 0.05) is 17.9 Å². The maximum absolute atomic E-state index is 5.66. The highest BCUT2D eigenvalue weighted by atomic mass is 16.5. The van der Waals surface area contributed by atoms with Gasteiger partial charge in [0.05, 0.1) is 13.2 Å². The second kappa shape index (κ2) is 8.36. The Bertz CT molecular complexity index is 624. The average molecular weight is 315 g/mol. The summed E-state index contributed by atoms with van der Waals surface area (Å²) in [5.74, 6) is 2.27. The predicted octanol–water partition coefficient (Wildman–Crippen LogP) is 3.55. The molecule has 0 saturated carbocycles. The predicted molar refractivity (Wildman–Crippen MR) is 92.5 cm³/mol. The number of hydrogen-bond donors (Lipinski definition) is 1. The Balaban J connectivity index is 1.98. The minimum Gasteiger partial charge on any atom is -0.490 e. The van der Waals surface area contributed by atoms with Gasteiger partial charge in [-0.2, -0.15) is 0 Å². The Morgan fingerprint density at radius 2 is 1.57 bits per heavy atom. The highest BCUT2D eigenvalue weighted by molar-refractivity contribution is 5.43. The van der Waals surface area contributed by atoms with Crippen LogP contribution in [0.3, 0.4) is 0 Å². The van der Waals surface area contributed by atoms with Crippen LogP contribution in [0.2, 0.25) is 0 Å². The summed E-state index contributed by atoms with van der Waals surface area (Å²) in [4.78, 5) is 8.77. The van der Waals surface area contributed by atoms with Gasteiger partial charge in [-0.25, -0.2) is 9.97 Å². The van der Waals surface area contributed by atoms with E-state index in [2.05, 4.69) is 21.4 Å². The summed E-state index contributed by atoms with van der Waals surface area (Å²) in [5, 5.41) is 3.27. The van der Waals surface area contributed by atoms with Gasteiger partial charge in [-0.1, -0.05) is 6.07 Å². The average Bonchev–Trinajstić information content (AvgIpc) is 2.49. The second-order valence-corrected chi connectivity index (χ2v) is 5.30. The minimum absolute atomic E-state index is 0.623. The van der Waals surface area contributed by atoms with Crippen molar-refractivity contribution in [3.8, 4) is 11.5 Å². The number of aryl methyl sites for hydroxylation is 2. The Morgan fingerprint density at radius 3 is 2.22 bits per heavy atom. The number of nitrogens with zero attached hydrogens (tertiary/aromatic N) is 2. The Kier molecular flexibility index (Phi) is 6.20. The highest BCUT2D eigenvalue weighted by Gasteiger charge is 2.06. The van der Waals surface area contributed by atoms with Crippen LogP contribution in [-0.2, 0) is 6.42 Å². The van der Waals surface area contributed by atoms with Crippen LogP contribution in [0.4, 0.5) is 5.95 Å². The molecular weight excluding hydrogens is 290 g/mol. The molecule has 124 valence electrons. The molecule has 0 amide bonds. The van der Waals surface area contributed by atoms with E-state index in [1.54, 1.807) is 0 Å². The first-order valence-electron chi connectivity index (χ1n) is 8.07. The number of ether oxygens (including phenoxy) is 2. The molecule has 0 atom stereocenters. The van der Waals surface area contributed by atoms with Gasteiger partial charge in [0.1, 0.15) is 0 Å². The number of aromatic nitrogens is 2. The minimum atomic E-state index is 0.623. The maximum atomic E-state index is 5.66. The van der Waals surface area contributed by atoms with Crippen LogP contribution in [0, 0.1) is 13.8 Å². The first-order chi connectivity index (χ1) is 11.1. The van der Waals surface area contributed by atoms with E-state index in [1.165, 1.54) is 5.56 Å². The molecule has 1 N–H and O–H groups in total. The molecule has 5 heteroatoms. The van der Waals surface area contributed by atoms with Gasteiger partial charge in [0.2, 0.25) is 5.95 Å². The standard InChI is InChI=1S/C18H25N3O2/c1-5-22-16-8-7-15(12-17(16)23-6-2)9-10-19-18-20-13(3)11-14(4)21-18/h7-8,11-12H,5-6,9-10H2,1-4H3,(H,19,20,21). The number of hydrogen-bond acceptors (Lipinski definition) is 5. The zero-order valence-electron chi connectivity index (χ0n) is 14.3. The Morgan fingerprint density at radius 1 is 0.913 bits per heavy atom. The molecule has 5 nitrogen and oxygen atoms in total. The van der Waals surface area contributed by atoms with Crippen molar-refractivity contribution in [2.45, 2.75) is 34.1 Å². The van der Waals surface area contributed by atoms with Gasteiger partial charge in [-0.3, -0.25) is 0 Å². The van der Waals surface area contributed by atoms with Crippen molar-refractivity contribution in [3.05, 3.63) is 41.2 Å². The molecule has 1 aromatic heterocycles. The molecule has 0 radical (unpaired) electrons. The molecule has 0 bridgehead atoms. The SMILES string of the molecule is CCOc1ccc(CCNc2nc(C)cc(C)n2)cc1OCC. The van der Waals surface area contributed by atoms with E-state index in [0.29, 0.717) is 19.2 Å². The summed E-state index contributed by atoms with van der Waals surface area (Å²) >= 11 is 0. The van der Waals surface area contributed by atoms with Crippen LogP contribution in [0.1, 0.15) is 30.8 Å². The molecule has 0 spiro atoms. The largest absolute Gasteiger partial charge is 0.490 e. The van der Waals surface area contributed by atoms with Crippen LogP contribution >= 0.6 is 0 Å². The van der Waals surface area contributed by atoms with E-state index in [4.69, 9.17) is 9.47 Å². The zero-order chi connectivity index (χ0) is 16.7. The van der Waals surface area contributed by atoms with Crippen molar-refractivity contribution in [1.82, 2.24) is 9.97 Å². The lowest BCUT2D eigenvalue weighted by atomic mass is 10.1. The number of anilines is 1. The van der Waals surface area contributed by atoms with Gasteiger partial charge in [-0.05, 0) is 57.9 Å². The first-order valence-corrected chi connectivity index (χ1v) is 8.07. The van der Waals surface area contributed by atoms with Gasteiger partial charge in [0.15, 0.2) is 11.5 Å². The fraction of sp³-hybridized carbons (Fsp3) is 0.444. The van der Waals surface area contributed by atoms with E-state index in [9.17, 15) is 0 Å². The van der Waals surface area contributed by atoms with Crippen LogP contribution in [0.25, 0.3) is 0 Å². The van der Waals surface area contributed by atoms with E-state index in [1.807, 2.05) is 45.9 Å². The van der Waals surface area contributed by atoms with Crippen molar-refractivity contribution < 1.29 is 9.47 Å². The lowest BCUT2D eigenvalue weighted by molar-refractivity contribution is 0.287. The monoisotopic (exact) mass is 315 g/mol. The molecule has 0 aliphatic carbocycles. The van der Waals surface area contributed by atoms with Crippen molar-refractivity contribution in [1.29, 1.82) is 0 Å². The third-order valence-corrected chi connectivity index (χ3v) is 3.29. The Hall–Kier alpha value is -2.30. The third kappa shape index (κ3) is 5.13. The topological polar surface area (TPSA) is 56.3 Å². The number of benzene rings is 1. The summed E-state index contributed by atoms with van der Waals surface area (Å²) in [6, 6.07) is 8.04. The maximum Gasteiger partial charge on any atom is 0.223 e. The molecule has 1 heterocycles. The van der Waals surface area contributed by atoms with Crippen molar-refractivity contribution in [2.24, 2.45) is 0 Å². The molecule has 23 heavy (non-hydrogen) atoms. The molecule has 1 aromatic carbocycles. The summed E-state index contributed by atoms with van der Waals surface area (Å²) in [7, 11) is 0. The third-order valence-electron chi connectivity index (χ3n) is 3.29. The number of nitrogens with one attached hydrogen (secondary N) is 1. The van der Waals surface area contributed by atoms with Gasteiger partial charge < -0.3 is 14.8 Å². The summed E-state index contributed by atoms with van der Waals surface area (Å²) in [6.07, 6.45) is 0.864. The van der Waals surface area contributed by atoms with Crippen LogP contribution in [-0.4, -0.2) is 29.7 Å². The molecule has 0 saturated heterocycles. The van der Waals surface area contributed by atoms with E-state index >= 15 is 0 Å². The van der Waals surface area contributed by atoms with E-state index < -0.39 is 0 Å². The molecule has 0 unspecified atom stereocenters. The lowest BCUT2D eigenvalue weighted by Gasteiger charge is -2.12. The zero-order valence-corrected chi connectivity index (χ0v) is 14.3. The van der Waals surface area contributed by atoms with Crippen molar-refractivity contribution >= 4 is 5.95 Å². The molecule has 2 rings (SSSR count). The first kappa shape index (κ1) is 17.1. The van der Waals surface area contributed by atoms with E-state index in [-0.39, 0.29) is 0 Å². The van der Waals surface area contributed by atoms with Crippen LogP contribution in [0.5, 0.6) is 11.5 Å². The van der Waals surface area contributed by atoms with Crippen molar-refractivity contribution in [2.75, 3.05) is 25.1 Å². The van der Waals surface area contributed by atoms with Gasteiger partial charge in [0.25, 0.3) is 0 Å². The molecular formula is C18H25N3O2. The Labute approximate surface area is 138 Å². The summed E-state index contributed by atoms with van der Waals surface area (Å²) < 4.78 is 11.2. The summed E-state index contributed by atoms with van der Waals surface area (Å²) in [5.41, 5.74) is 3.13. The van der Waals surface area contributed by atoms with Crippen molar-refractivity contribution in [3.63, 3.8) is 0 Å². The van der Waals surface area contributed by atoms with E-state index in [0.717, 1.165) is 35.9 Å². The second-order valence-electron chi connectivity index (χ2n) is 5.30. The van der Waals surface area contributed by atoms with Gasteiger partial charge >= 0.3 is 0 Å².